The second-order valence-electron chi connectivity index (χ2n) is 5.20. The van der Waals surface area contributed by atoms with Crippen molar-refractivity contribution in [2.24, 2.45) is 0 Å². The van der Waals surface area contributed by atoms with E-state index in [0.29, 0.717) is 13.0 Å². The lowest BCUT2D eigenvalue weighted by molar-refractivity contribution is -0.119. The molecule has 0 saturated heterocycles. The van der Waals surface area contributed by atoms with Crippen molar-refractivity contribution in [3.63, 3.8) is 0 Å². The first-order valence-corrected chi connectivity index (χ1v) is 6.83. The summed E-state index contributed by atoms with van der Waals surface area (Å²) in [6, 6.07) is 15.0. The van der Waals surface area contributed by atoms with Crippen LogP contribution in [0.4, 0.5) is 0 Å². The predicted octanol–water partition coefficient (Wildman–Crippen LogP) is 2.39. The van der Waals surface area contributed by atoms with E-state index in [0.717, 1.165) is 17.7 Å². The Labute approximate surface area is 118 Å². The monoisotopic (exact) mass is 267 g/mol. The minimum atomic E-state index is -0.0951. The summed E-state index contributed by atoms with van der Waals surface area (Å²) in [6.45, 7) is 1.51. The lowest BCUT2D eigenvalue weighted by Crippen LogP contribution is -2.33. The third-order valence-corrected chi connectivity index (χ3v) is 3.77. The second kappa shape index (κ2) is 5.47. The van der Waals surface area contributed by atoms with Gasteiger partial charge in [0.15, 0.2) is 0 Å². The zero-order valence-electron chi connectivity index (χ0n) is 11.2. The first-order chi connectivity index (χ1) is 9.74. The van der Waals surface area contributed by atoms with Crippen LogP contribution in [0.1, 0.15) is 22.6 Å². The van der Waals surface area contributed by atoms with Crippen LogP contribution in [0.2, 0.25) is 0 Å². The molecule has 3 heteroatoms. The largest absolute Gasteiger partial charge is 0.508 e. The third kappa shape index (κ3) is 2.58. The minimum Gasteiger partial charge on any atom is -0.508 e. The molecule has 20 heavy (non-hydrogen) atoms. The van der Waals surface area contributed by atoms with Gasteiger partial charge in [-0.3, -0.25) is 4.79 Å². The van der Waals surface area contributed by atoms with Crippen molar-refractivity contribution in [1.82, 2.24) is 5.32 Å². The Morgan fingerprint density at radius 1 is 1.20 bits per heavy atom. The molecule has 1 unspecified atom stereocenters. The Hall–Kier alpha value is -2.13. The van der Waals surface area contributed by atoms with Gasteiger partial charge in [-0.25, -0.2) is 0 Å². The number of benzene rings is 2. The van der Waals surface area contributed by atoms with Crippen LogP contribution < -0.4 is 5.32 Å². The minimum absolute atomic E-state index is 0.0951. The highest BCUT2D eigenvalue weighted by Crippen LogP contribution is 2.26. The zero-order chi connectivity index (χ0) is 13.9. The van der Waals surface area contributed by atoms with Crippen molar-refractivity contribution in [3.8, 4) is 5.75 Å². The number of carbonyl (C=O) groups excluding carboxylic acids is 1. The average Bonchev–Trinajstić information content (AvgIpc) is 2.46. The van der Waals surface area contributed by atoms with E-state index in [1.54, 1.807) is 18.2 Å². The quantitative estimate of drug-likeness (QED) is 0.897. The number of rotatable bonds is 3. The number of phenols is 1. The first kappa shape index (κ1) is 12.9. The third-order valence-electron chi connectivity index (χ3n) is 3.77. The number of fused-ring (bicyclic) bond motifs is 1. The molecule has 102 valence electrons. The summed E-state index contributed by atoms with van der Waals surface area (Å²) in [5.41, 5.74) is 3.20. The molecular formula is C17H17NO2. The van der Waals surface area contributed by atoms with Crippen LogP contribution in [0.25, 0.3) is 0 Å². The van der Waals surface area contributed by atoms with Gasteiger partial charge in [0, 0.05) is 19.5 Å². The predicted molar refractivity (Wildman–Crippen MR) is 77.7 cm³/mol. The molecule has 0 spiro atoms. The Bertz CT molecular complexity index is 636. The van der Waals surface area contributed by atoms with Gasteiger partial charge in [-0.2, -0.15) is 0 Å². The number of hydrogen-bond acceptors (Lipinski definition) is 3. The topological polar surface area (TPSA) is 49.3 Å². The number of carbonyl (C=O) groups is 1. The fourth-order valence-electron chi connectivity index (χ4n) is 2.77. The maximum Gasteiger partial charge on any atom is 0.145 e. The molecule has 0 fully saturated rings. The molecular weight excluding hydrogens is 250 g/mol. The van der Waals surface area contributed by atoms with Crippen molar-refractivity contribution in [2.75, 3.05) is 6.54 Å². The summed E-state index contributed by atoms with van der Waals surface area (Å²) in [6.07, 6.45) is 0.356. The summed E-state index contributed by atoms with van der Waals surface area (Å²) in [5, 5.41) is 12.8. The van der Waals surface area contributed by atoms with Gasteiger partial charge in [-0.15, -0.1) is 0 Å². The highest BCUT2D eigenvalue weighted by atomic mass is 16.3. The lowest BCUT2D eigenvalue weighted by Gasteiger charge is -2.25. The molecule has 0 aromatic heterocycles. The fraction of sp³-hybridized carbons (Fsp3) is 0.235. The van der Waals surface area contributed by atoms with E-state index in [9.17, 15) is 9.90 Å². The lowest BCUT2D eigenvalue weighted by atomic mass is 9.85. The van der Waals surface area contributed by atoms with Gasteiger partial charge in [-0.05, 0) is 28.8 Å². The summed E-state index contributed by atoms with van der Waals surface area (Å²) in [5.74, 6) is 0.301. The fourth-order valence-corrected chi connectivity index (χ4v) is 2.77. The van der Waals surface area contributed by atoms with Crippen LogP contribution in [-0.2, 0) is 17.8 Å². The van der Waals surface area contributed by atoms with E-state index in [2.05, 4.69) is 11.4 Å². The van der Waals surface area contributed by atoms with Crippen molar-refractivity contribution in [1.29, 1.82) is 0 Å². The molecule has 0 bridgehead atoms. The van der Waals surface area contributed by atoms with Gasteiger partial charge in [-0.1, -0.05) is 36.4 Å². The molecule has 1 heterocycles. The number of phenolic OH excluding ortho intramolecular Hbond substituents is 1. The molecule has 0 amide bonds. The van der Waals surface area contributed by atoms with Crippen LogP contribution in [0.3, 0.4) is 0 Å². The van der Waals surface area contributed by atoms with E-state index in [1.165, 1.54) is 5.56 Å². The van der Waals surface area contributed by atoms with Crippen molar-refractivity contribution in [2.45, 2.75) is 18.9 Å². The van der Waals surface area contributed by atoms with Crippen LogP contribution in [-0.4, -0.2) is 17.4 Å². The van der Waals surface area contributed by atoms with Crippen LogP contribution >= 0.6 is 0 Å². The number of nitrogens with one attached hydrogen (secondary N) is 1. The van der Waals surface area contributed by atoms with Crippen LogP contribution in [0, 0.1) is 0 Å². The molecule has 0 saturated carbocycles. The van der Waals surface area contributed by atoms with Gasteiger partial charge in [0.05, 0.1) is 5.92 Å². The second-order valence-corrected chi connectivity index (χ2v) is 5.20. The normalized spacial score (nSPS) is 17.5. The number of aromatic hydroxyl groups is 1. The van der Waals surface area contributed by atoms with E-state index >= 15 is 0 Å². The first-order valence-electron chi connectivity index (χ1n) is 6.83. The van der Waals surface area contributed by atoms with E-state index in [1.807, 2.05) is 24.3 Å². The number of ketones is 1. The van der Waals surface area contributed by atoms with Gasteiger partial charge >= 0.3 is 0 Å². The molecule has 2 aromatic carbocycles. The molecule has 2 N–H and O–H groups in total. The van der Waals surface area contributed by atoms with Gasteiger partial charge in [0.2, 0.25) is 0 Å². The Morgan fingerprint density at radius 2 is 2.05 bits per heavy atom. The molecule has 1 aliphatic heterocycles. The SMILES string of the molecule is O=C(Cc1cccc(O)c1)C1CNCc2ccccc21. The zero-order valence-corrected chi connectivity index (χ0v) is 11.2. The average molecular weight is 267 g/mol. The molecule has 0 radical (unpaired) electrons. The summed E-state index contributed by atoms with van der Waals surface area (Å²) >= 11 is 0. The Balaban J connectivity index is 1.82. The van der Waals surface area contributed by atoms with Gasteiger partial charge in [0.1, 0.15) is 11.5 Å². The smallest absolute Gasteiger partial charge is 0.145 e. The number of Topliss-reactive ketones (excluding diaryl/α,β-unsaturated/α-hetero) is 1. The molecule has 0 aliphatic carbocycles. The standard InChI is InChI=1S/C17H17NO2/c19-14-6-3-4-12(8-14)9-17(20)16-11-18-10-13-5-1-2-7-15(13)16/h1-8,16,18-19H,9-11H2. The molecule has 2 aromatic rings. The Kier molecular flexibility index (Phi) is 3.52. The number of hydrogen-bond donors (Lipinski definition) is 2. The summed E-state index contributed by atoms with van der Waals surface area (Å²) in [7, 11) is 0. The van der Waals surface area contributed by atoms with Crippen LogP contribution in [0.15, 0.2) is 48.5 Å². The molecule has 1 aliphatic rings. The van der Waals surface area contributed by atoms with Gasteiger partial charge < -0.3 is 10.4 Å². The Morgan fingerprint density at radius 3 is 2.90 bits per heavy atom. The summed E-state index contributed by atoms with van der Waals surface area (Å²) in [4.78, 5) is 12.5. The highest BCUT2D eigenvalue weighted by Gasteiger charge is 2.25. The van der Waals surface area contributed by atoms with Crippen molar-refractivity contribution in [3.05, 3.63) is 65.2 Å². The van der Waals surface area contributed by atoms with Crippen molar-refractivity contribution >= 4 is 5.78 Å². The van der Waals surface area contributed by atoms with Crippen LogP contribution in [0.5, 0.6) is 5.75 Å². The van der Waals surface area contributed by atoms with Gasteiger partial charge in [0.25, 0.3) is 0 Å². The van der Waals surface area contributed by atoms with E-state index in [-0.39, 0.29) is 17.5 Å². The van der Waals surface area contributed by atoms with E-state index in [4.69, 9.17) is 0 Å². The van der Waals surface area contributed by atoms with E-state index < -0.39 is 0 Å². The maximum absolute atomic E-state index is 12.5. The maximum atomic E-state index is 12.5. The highest BCUT2D eigenvalue weighted by molar-refractivity contribution is 5.88. The summed E-state index contributed by atoms with van der Waals surface area (Å²) < 4.78 is 0. The molecule has 3 nitrogen and oxygen atoms in total. The molecule has 3 rings (SSSR count). The molecule has 1 atom stereocenters. The van der Waals surface area contributed by atoms with Crippen molar-refractivity contribution < 1.29 is 9.90 Å².